The largest absolute Gasteiger partial charge is 0.470 e. The summed E-state index contributed by atoms with van der Waals surface area (Å²) in [6.45, 7) is 20.1. The summed E-state index contributed by atoms with van der Waals surface area (Å²) in [4.78, 5) is 37.8. The van der Waals surface area contributed by atoms with Gasteiger partial charge in [-0.15, -0.1) is 0 Å². The highest BCUT2D eigenvalue weighted by molar-refractivity contribution is 6.93. The molecule has 0 aliphatic carbocycles. The van der Waals surface area contributed by atoms with Crippen LogP contribution in [0.5, 0.6) is 0 Å². The second kappa shape index (κ2) is 10.8. The maximum atomic E-state index is 13.4. The van der Waals surface area contributed by atoms with Crippen LogP contribution >= 0.6 is 0 Å². The second-order valence-corrected chi connectivity index (χ2v) is 31.6. The van der Waals surface area contributed by atoms with E-state index in [1.807, 2.05) is 15.8 Å². The highest BCUT2D eigenvalue weighted by Gasteiger charge is 2.47. The first-order valence-electron chi connectivity index (χ1n) is 11.3. The van der Waals surface area contributed by atoms with Crippen molar-refractivity contribution in [3.63, 3.8) is 0 Å². The van der Waals surface area contributed by atoms with E-state index in [4.69, 9.17) is 0 Å². The first-order chi connectivity index (χ1) is 14.4. The van der Waals surface area contributed by atoms with E-state index in [0.29, 0.717) is 12.5 Å². The molecule has 0 aliphatic rings. The number of rotatable bonds is 10. The zero-order chi connectivity index (χ0) is 26.8. The fourth-order valence-corrected chi connectivity index (χ4v) is 16.8. The van der Waals surface area contributed by atoms with Gasteiger partial charge < -0.3 is 13.4 Å². The highest BCUT2D eigenvalue weighted by atomic mass is 28.4. The number of hydrogen-bond donors (Lipinski definition) is 0. The van der Waals surface area contributed by atoms with Crippen molar-refractivity contribution in [3.8, 4) is 0 Å². The molecule has 0 aromatic carbocycles. The lowest BCUT2D eigenvalue weighted by molar-refractivity contribution is -0.179. The SMILES string of the molecule is CN(C(=O)CC[Si](C)(C)N(C(=O)CC[Si](C)(C)N(C)C(=O)C(F)(F)F)[Si](C)(C)C)[Si](C)(C)C. The summed E-state index contributed by atoms with van der Waals surface area (Å²) in [7, 11) is -5.93. The van der Waals surface area contributed by atoms with Crippen molar-refractivity contribution >= 4 is 50.7 Å². The van der Waals surface area contributed by atoms with Crippen molar-refractivity contribution in [2.24, 2.45) is 0 Å². The van der Waals surface area contributed by atoms with Crippen molar-refractivity contribution in [2.75, 3.05) is 14.1 Å². The molecule has 194 valence electrons. The number of carbonyl (C=O) groups excluding carboxylic acids is 3. The Labute approximate surface area is 202 Å². The molecule has 0 rings (SSSR count). The molecule has 0 fully saturated rings. The van der Waals surface area contributed by atoms with E-state index >= 15 is 0 Å². The molecule has 0 aliphatic heterocycles. The average Bonchev–Trinajstić information content (AvgIpc) is 2.59. The average molecular weight is 544 g/mol. The molecule has 0 saturated heterocycles. The molecule has 0 unspecified atom stereocenters. The fraction of sp³-hybridized carbons (Fsp3) is 0.850. The van der Waals surface area contributed by atoms with Gasteiger partial charge in [0.15, 0.2) is 16.5 Å². The zero-order valence-corrected chi connectivity index (χ0v) is 26.5. The number of halogens is 3. The van der Waals surface area contributed by atoms with Crippen molar-refractivity contribution in [1.82, 2.24) is 13.4 Å². The minimum absolute atomic E-state index is 0.0646. The predicted octanol–water partition coefficient (Wildman–Crippen LogP) is 5.15. The van der Waals surface area contributed by atoms with Gasteiger partial charge in [-0.05, 0) is 12.1 Å². The Morgan fingerprint density at radius 3 is 1.39 bits per heavy atom. The molecule has 0 radical (unpaired) electrons. The first-order valence-corrected chi connectivity index (χ1v) is 24.5. The van der Waals surface area contributed by atoms with Crippen LogP contribution in [0.25, 0.3) is 0 Å². The van der Waals surface area contributed by atoms with E-state index in [1.54, 1.807) is 13.1 Å². The van der Waals surface area contributed by atoms with Gasteiger partial charge in [-0.1, -0.05) is 65.5 Å². The summed E-state index contributed by atoms with van der Waals surface area (Å²) in [5.41, 5.74) is 0. The Hall–Kier alpha value is -0.932. The van der Waals surface area contributed by atoms with E-state index in [0.717, 1.165) is 4.57 Å². The van der Waals surface area contributed by atoms with Crippen LogP contribution in [0, 0.1) is 0 Å². The Morgan fingerprint density at radius 1 is 0.636 bits per heavy atom. The van der Waals surface area contributed by atoms with Gasteiger partial charge in [0.1, 0.15) is 16.5 Å². The van der Waals surface area contributed by atoms with Gasteiger partial charge >= 0.3 is 12.1 Å². The van der Waals surface area contributed by atoms with Crippen molar-refractivity contribution in [1.29, 1.82) is 0 Å². The summed E-state index contributed by atoms with van der Waals surface area (Å²) in [5.74, 6) is -1.82. The lowest BCUT2D eigenvalue weighted by Gasteiger charge is -2.46. The van der Waals surface area contributed by atoms with Gasteiger partial charge in [-0.3, -0.25) is 14.4 Å². The third-order valence-electron chi connectivity index (χ3n) is 6.26. The van der Waals surface area contributed by atoms with Gasteiger partial charge in [0.25, 0.3) is 0 Å². The van der Waals surface area contributed by atoms with Gasteiger partial charge in [-0.2, -0.15) is 13.2 Å². The van der Waals surface area contributed by atoms with E-state index in [9.17, 15) is 27.6 Å². The standard InChI is InChI=1S/C20H44F3N3O3Si4/c1-24(30(3,4)5)17(27)13-16-33(11,12)26(31(6,7)8)18(28)14-15-32(9,10)25(2)19(29)20(21,22)23/h13-16H2,1-12H3. The van der Waals surface area contributed by atoms with Crippen LogP contribution in [0.4, 0.5) is 13.2 Å². The third-order valence-corrected chi connectivity index (χ3v) is 20.4. The molecule has 0 aromatic heterocycles. The van der Waals surface area contributed by atoms with E-state index in [2.05, 4.69) is 52.4 Å². The van der Waals surface area contributed by atoms with Gasteiger partial charge in [-0.25, -0.2) is 0 Å². The van der Waals surface area contributed by atoms with Crippen molar-refractivity contribution < 1.29 is 27.6 Å². The molecule has 6 nitrogen and oxygen atoms in total. The smallest absolute Gasteiger partial charge is 0.396 e. The minimum Gasteiger partial charge on any atom is -0.396 e. The molecule has 13 heteroatoms. The van der Waals surface area contributed by atoms with E-state index in [1.165, 1.54) is 7.05 Å². The monoisotopic (exact) mass is 543 g/mol. The van der Waals surface area contributed by atoms with Crippen LogP contribution in [-0.4, -0.2) is 84.3 Å². The molecule has 33 heavy (non-hydrogen) atoms. The Balaban J connectivity index is 5.52. The van der Waals surface area contributed by atoms with Gasteiger partial charge in [0.05, 0.1) is 0 Å². The minimum atomic E-state index is -4.92. The highest BCUT2D eigenvalue weighted by Crippen LogP contribution is 2.29. The quantitative estimate of drug-likeness (QED) is 0.358. The molecular weight excluding hydrogens is 500 g/mol. The van der Waals surface area contributed by atoms with Crippen molar-refractivity contribution in [2.45, 2.75) is 96.6 Å². The lowest BCUT2D eigenvalue weighted by Crippen LogP contribution is -2.63. The van der Waals surface area contributed by atoms with Gasteiger partial charge in [0, 0.05) is 26.9 Å². The molecule has 0 saturated carbocycles. The summed E-state index contributed by atoms with van der Waals surface area (Å²) < 4.78 is 43.4. The first kappa shape index (κ1) is 32.1. The summed E-state index contributed by atoms with van der Waals surface area (Å²) in [5, 5.41) is 0. The number of amides is 3. The lowest BCUT2D eigenvalue weighted by atomic mass is 10.5. The maximum absolute atomic E-state index is 13.4. The number of nitrogens with zero attached hydrogens (tertiary/aromatic N) is 3. The number of hydrogen-bond acceptors (Lipinski definition) is 3. The number of carbonyl (C=O) groups is 3. The van der Waals surface area contributed by atoms with Crippen LogP contribution in [0.15, 0.2) is 0 Å². The molecule has 0 aromatic rings. The second-order valence-electron chi connectivity index (χ2n) is 12.0. The summed E-state index contributed by atoms with van der Waals surface area (Å²) >= 11 is 0. The molecular formula is C20H44F3N3O3Si4. The maximum Gasteiger partial charge on any atom is 0.470 e. The summed E-state index contributed by atoms with van der Waals surface area (Å²) in [6, 6.07) is 0.900. The molecule has 3 amide bonds. The fourth-order valence-electron chi connectivity index (χ4n) is 3.84. The molecule has 0 heterocycles. The Kier molecular flexibility index (Phi) is 10.5. The Bertz CT molecular complexity index is 733. The molecule has 0 bridgehead atoms. The van der Waals surface area contributed by atoms with E-state index in [-0.39, 0.29) is 24.3 Å². The van der Waals surface area contributed by atoms with Crippen LogP contribution in [-0.2, 0) is 14.4 Å². The predicted molar refractivity (Wildman–Crippen MR) is 139 cm³/mol. The summed E-state index contributed by atoms with van der Waals surface area (Å²) in [6.07, 6.45) is -4.42. The van der Waals surface area contributed by atoms with Gasteiger partial charge in [0.2, 0.25) is 11.8 Å². The third kappa shape index (κ3) is 9.32. The topological polar surface area (TPSA) is 60.9 Å². The van der Waals surface area contributed by atoms with Crippen molar-refractivity contribution in [3.05, 3.63) is 0 Å². The Morgan fingerprint density at radius 2 is 1.03 bits per heavy atom. The number of alkyl halides is 3. The zero-order valence-electron chi connectivity index (χ0n) is 22.5. The van der Waals surface area contributed by atoms with Crippen LogP contribution in [0.3, 0.4) is 0 Å². The van der Waals surface area contributed by atoms with Crippen LogP contribution in [0.2, 0.25) is 77.6 Å². The van der Waals surface area contributed by atoms with Crippen LogP contribution in [0.1, 0.15) is 12.8 Å². The molecule has 0 atom stereocenters. The normalized spacial score (nSPS) is 13.5. The van der Waals surface area contributed by atoms with Crippen LogP contribution < -0.4 is 0 Å². The van der Waals surface area contributed by atoms with E-state index < -0.39 is 45.0 Å². The molecule has 0 spiro atoms. The molecule has 0 N–H and O–H groups in total.